The molecule has 1 aromatic heterocycles. The zero-order valence-corrected chi connectivity index (χ0v) is 10.5. The highest BCUT2D eigenvalue weighted by atomic mass is 35.5. The van der Waals surface area contributed by atoms with Crippen LogP contribution in [-0.4, -0.2) is 28.6 Å². The molecule has 0 fully saturated rings. The first-order chi connectivity index (χ1) is 8.20. The van der Waals surface area contributed by atoms with E-state index >= 15 is 0 Å². The quantitative estimate of drug-likeness (QED) is 0.840. The summed E-state index contributed by atoms with van der Waals surface area (Å²) in [6.45, 7) is 0.398. The first-order valence-electron chi connectivity index (χ1n) is 5.23. The van der Waals surface area contributed by atoms with Gasteiger partial charge in [0.25, 0.3) is 0 Å². The third-order valence-electron chi connectivity index (χ3n) is 2.40. The lowest BCUT2D eigenvalue weighted by Gasteiger charge is -2.12. The van der Waals surface area contributed by atoms with Crippen molar-refractivity contribution >= 4 is 39.8 Å². The average Bonchev–Trinajstić information content (AvgIpc) is 2.35. The second-order valence-electron chi connectivity index (χ2n) is 3.71. The number of nitrogens with one attached hydrogen (secondary N) is 1. The fourth-order valence-electron chi connectivity index (χ4n) is 1.56. The Morgan fingerprint density at radius 2 is 2.24 bits per heavy atom. The number of hydrogen-bond acceptors (Lipinski definition) is 3. The lowest BCUT2D eigenvalue weighted by Crippen LogP contribution is -2.20. The zero-order valence-electron chi connectivity index (χ0n) is 9.03. The number of pyridine rings is 1. The molecule has 17 heavy (non-hydrogen) atoms. The second kappa shape index (κ2) is 5.54. The van der Waals surface area contributed by atoms with Gasteiger partial charge in [-0.1, -0.05) is 17.7 Å². The predicted molar refractivity (Wildman–Crippen MR) is 72.0 cm³/mol. The fraction of sp³-hybridized carbons (Fsp3) is 0.250. The summed E-state index contributed by atoms with van der Waals surface area (Å²) in [5, 5.41) is 14.1. The van der Waals surface area contributed by atoms with Crippen LogP contribution in [0.1, 0.15) is 0 Å². The van der Waals surface area contributed by atoms with Gasteiger partial charge >= 0.3 is 0 Å². The van der Waals surface area contributed by atoms with E-state index in [-0.39, 0.29) is 5.88 Å². The van der Waals surface area contributed by atoms with E-state index in [4.69, 9.17) is 23.2 Å². The van der Waals surface area contributed by atoms with Crippen LogP contribution in [0.5, 0.6) is 0 Å². The molecule has 1 unspecified atom stereocenters. The molecule has 0 aliphatic carbocycles. The Labute approximate surface area is 109 Å². The maximum atomic E-state index is 9.41. The lowest BCUT2D eigenvalue weighted by atomic mass is 10.2. The van der Waals surface area contributed by atoms with Crippen LogP contribution in [-0.2, 0) is 0 Å². The zero-order chi connectivity index (χ0) is 12.3. The first kappa shape index (κ1) is 12.4. The number of aliphatic hydroxyl groups excluding tert-OH is 1. The van der Waals surface area contributed by atoms with Gasteiger partial charge in [0.05, 0.1) is 22.5 Å². The minimum atomic E-state index is -0.570. The average molecular weight is 271 g/mol. The Bertz CT molecular complexity index is 519. The Hall–Kier alpha value is -1.03. The van der Waals surface area contributed by atoms with Crippen molar-refractivity contribution in [3.8, 4) is 0 Å². The lowest BCUT2D eigenvalue weighted by molar-refractivity contribution is 0.211. The number of hydrogen-bond donors (Lipinski definition) is 2. The minimum Gasteiger partial charge on any atom is -0.390 e. The summed E-state index contributed by atoms with van der Waals surface area (Å²) in [5.41, 5.74) is 1.75. The summed E-state index contributed by atoms with van der Waals surface area (Å²) in [6.07, 6.45) is 1.04. The third kappa shape index (κ3) is 3.00. The normalized spacial score (nSPS) is 12.6. The van der Waals surface area contributed by atoms with Gasteiger partial charge < -0.3 is 10.4 Å². The van der Waals surface area contributed by atoms with Gasteiger partial charge in [0.2, 0.25) is 0 Å². The van der Waals surface area contributed by atoms with Crippen LogP contribution >= 0.6 is 23.2 Å². The van der Waals surface area contributed by atoms with Crippen LogP contribution in [0.25, 0.3) is 10.9 Å². The van der Waals surface area contributed by atoms with Crippen LogP contribution in [0.4, 0.5) is 5.69 Å². The van der Waals surface area contributed by atoms with Crippen molar-refractivity contribution in [2.24, 2.45) is 0 Å². The number of alkyl halides is 1. The monoisotopic (exact) mass is 270 g/mol. The van der Waals surface area contributed by atoms with E-state index in [2.05, 4.69) is 10.3 Å². The molecule has 1 aromatic carbocycles. The van der Waals surface area contributed by atoms with Crippen molar-refractivity contribution in [1.82, 2.24) is 4.98 Å². The highest BCUT2D eigenvalue weighted by molar-refractivity contribution is 6.31. The number of anilines is 1. The summed E-state index contributed by atoms with van der Waals surface area (Å²) in [7, 11) is 0. The standard InChI is InChI=1S/C12H12Cl2N2O/c13-5-9(17)7-16-12-3-1-2-11-10(12)4-8(14)6-15-11/h1-4,6,9,16-17H,5,7H2. The third-order valence-corrected chi connectivity index (χ3v) is 2.96. The maximum absolute atomic E-state index is 9.41. The van der Waals surface area contributed by atoms with Gasteiger partial charge in [-0.3, -0.25) is 4.98 Å². The summed E-state index contributed by atoms with van der Waals surface area (Å²) in [6, 6.07) is 7.58. The molecule has 3 nitrogen and oxygen atoms in total. The Kier molecular flexibility index (Phi) is 4.05. The van der Waals surface area contributed by atoms with Crippen molar-refractivity contribution in [1.29, 1.82) is 0 Å². The predicted octanol–water partition coefficient (Wildman–Crippen LogP) is 2.90. The van der Waals surface area contributed by atoms with E-state index in [9.17, 15) is 5.11 Å². The minimum absolute atomic E-state index is 0.205. The van der Waals surface area contributed by atoms with Crippen molar-refractivity contribution in [2.75, 3.05) is 17.7 Å². The van der Waals surface area contributed by atoms with E-state index in [0.29, 0.717) is 11.6 Å². The number of rotatable bonds is 4. The van der Waals surface area contributed by atoms with E-state index in [0.717, 1.165) is 16.6 Å². The van der Waals surface area contributed by atoms with E-state index in [1.807, 2.05) is 24.3 Å². The van der Waals surface area contributed by atoms with Crippen LogP contribution in [0.3, 0.4) is 0 Å². The number of aromatic nitrogens is 1. The molecule has 0 bridgehead atoms. The SMILES string of the molecule is OC(CCl)CNc1cccc2ncc(Cl)cc12. The van der Waals surface area contributed by atoms with Crippen molar-refractivity contribution in [3.05, 3.63) is 35.5 Å². The number of aliphatic hydroxyl groups is 1. The molecular weight excluding hydrogens is 259 g/mol. The van der Waals surface area contributed by atoms with Gasteiger partial charge in [-0.2, -0.15) is 0 Å². The van der Waals surface area contributed by atoms with Crippen molar-refractivity contribution in [3.63, 3.8) is 0 Å². The van der Waals surface area contributed by atoms with Gasteiger partial charge in [-0.25, -0.2) is 0 Å². The largest absolute Gasteiger partial charge is 0.390 e. The molecule has 2 aromatic rings. The molecule has 2 N–H and O–H groups in total. The second-order valence-corrected chi connectivity index (χ2v) is 4.46. The Balaban J connectivity index is 2.30. The Morgan fingerprint density at radius 3 is 3.00 bits per heavy atom. The van der Waals surface area contributed by atoms with Gasteiger partial charge in [-0.15, -0.1) is 11.6 Å². The topological polar surface area (TPSA) is 45.1 Å². The molecule has 0 saturated carbocycles. The summed E-state index contributed by atoms with van der Waals surface area (Å²) in [5.74, 6) is 0.205. The summed E-state index contributed by atoms with van der Waals surface area (Å²) < 4.78 is 0. The molecule has 1 atom stereocenters. The van der Waals surface area contributed by atoms with Gasteiger partial charge in [-0.05, 0) is 18.2 Å². The van der Waals surface area contributed by atoms with Crippen LogP contribution in [0.15, 0.2) is 30.5 Å². The van der Waals surface area contributed by atoms with Gasteiger partial charge in [0.15, 0.2) is 0 Å². The molecule has 0 aliphatic heterocycles. The number of nitrogens with zero attached hydrogens (tertiary/aromatic N) is 1. The number of benzene rings is 1. The molecule has 0 aliphatic rings. The fourth-order valence-corrected chi connectivity index (χ4v) is 1.83. The molecule has 0 amide bonds. The molecular formula is C12H12Cl2N2O. The number of fused-ring (bicyclic) bond motifs is 1. The van der Waals surface area contributed by atoms with Crippen molar-refractivity contribution in [2.45, 2.75) is 6.10 Å². The van der Waals surface area contributed by atoms with Crippen LogP contribution < -0.4 is 5.32 Å². The Morgan fingerprint density at radius 1 is 1.41 bits per heavy atom. The van der Waals surface area contributed by atoms with Crippen molar-refractivity contribution < 1.29 is 5.11 Å². The molecule has 2 rings (SSSR count). The highest BCUT2D eigenvalue weighted by Crippen LogP contribution is 2.24. The molecule has 5 heteroatoms. The van der Waals surface area contributed by atoms with E-state index < -0.39 is 6.10 Å². The van der Waals surface area contributed by atoms with Crippen LogP contribution in [0, 0.1) is 0 Å². The van der Waals surface area contributed by atoms with Gasteiger partial charge in [0, 0.05) is 23.8 Å². The van der Waals surface area contributed by atoms with E-state index in [1.54, 1.807) is 6.20 Å². The molecule has 90 valence electrons. The smallest absolute Gasteiger partial charge is 0.0847 e. The number of halogens is 2. The van der Waals surface area contributed by atoms with Crippen LogP contribution in [0.2, 0.25) is 5.02 Å². The molecule has 0 saturated heterocycles. The van der Waals surface area contributed by atoms with Gasteiger partial charge in [0.1, 0.15) is 0 Å². The molecule has 0 spiro atoms. The molecule has 0 radical (unpaired) electrons. The summed E-state index contributed by atoms with van der Waals surface area (Å²) in [4.78, 5) is 4.23. The first-order valence-corrected chi connectivity index (χ1v) is 6.14. The summed E-state index contributed by atoms with van der Waals surface area (Å²) >= 11 is 11.5. The highest BCUT2D eigenvalue weighted by Gasteiger charge is 2.05. The maximum Gasteiger partial charge on any atom is 0.0847 e. The van der Waals surface area contributed by atoms with E-state index in [1.165, 1.54) is 0 Å². The molecule has 1 heterocycles.